The molecule has 0 radical (unpaired) electrons. The van der Waals surface area contributed by atoms with Crippen LogP contribution in [0.5, 0.6) is 0 Å². The standard InChI is InChI=1S/C19H31NO/c1-5-21-19(12-10-15(4)11-13-19)18(20)17-8-6-16(7-9-17)14(2)3/h6-9,14-15,18H,5,10-13,20H2,1-4H3. The Morgan fingerprint density at radius 1 is 1.14 bits per heavy atom. The molecule has 118 valence electrons. The third-order valence-corrected chi connectivity index (χ3v) is 5.08. The minimum absolute atomic E-state index is 0.0221. The molecule has 1 aromatic rings. The highest BCUT2D eigenvalue weighted by Crippen LogP contribution is 2.42. The summed E-state index contributed by atoms with van der Waals surface area (Å²) in [6.07, 6.45) is 4.60. The molecule has 1 saturated carbocycles. The van der Waals surface area contributed by atoms with Crippen LogP contribution in [0.25, 0.3) is 0 Å². The largest absolute Gasteiger partial charge is 0.373 e. The maximum atomic E-state index is 6.64. The van der Waals surface area contributed by atoms with Gasteiger partial charge in [-0.2, -0.15) is 0 Å². The summed E-state index contributed by atoms with van der Waals surface area (Å²) in [5.74, 6) is 1.36. The zero-order valence-corrected chi connectivity index (χ0v) is 14.1. The van der Waals surface area contributed by atoms with Crippen LogP contribution in [-0.2, 0) is 4.74 Å². The van der Waals surface area contributed by atoms with Gasteiger partial charge in [0.1, 0.15) is 0 Å². The van der Waals surface area contributed by atoms with Crippen molar-refractivity contribution in [2.45, 2.75) is 70.9 Å². The van der Waals surface area contributed by atoms with Gasteiger partial charge in [0.15, 0.2) is 0 Å². The molecule has 0 heterocycles. The van der Waals surface area contributed by atoms with E-state index in [2.05, 4.69) is 52.0 Å². The van der Waals surface area contributed by atoms with Gasteiger partial charge in [0, 0.05) is 6.61 Å². The van der Waals surface area contributed by atoms with E-state index >= 15 is 0 Å². The van der Waals surface area contributed by atoms with Crippen molar-refractivity contribution in [2.75, 3.05) is 6.61 Å². The van der Waals surface area contributed by atoms with E-state index in [1.807, 2.05) is 0 Å². The average molecular weight is 289 g/mol. The van der Waals surface area contributed by atoms with E-state index in [1.54, 1.807) is 0 Å². The molecule has 0 saturated heterocycles. The maximum absolute atomic E-state index is 6.64. The molecule has 1 fully saturated rings. The molecule has 2 nitrogen and oxygen atoms in total. The Kier molecular flexibility index (Phi) is 5.45. The van der Waals surface area contributed by atoms with E-state index in [9.17, 15) is 0 Å². The molecule has 1 aromatic carbocycles. The number of benzene rings is 1. The maximum Gasteiger partial charge on any atom is 0.0874 e. The molecule has 21 heavy (non-hydrogen) atoms. The molecule has 0 bridgehead atoms. The molecule has 1 atom stereocenters. The molecule has 0 aromatic heterocycles. The van der Waals surface area contributed by atoms with Gasteiger partial charge < -0.3 is 10.5 Å². The number of rotatable bonds is 5. The normalized spacial score (nSPS) is 27.8. The third-order valence-electron chi connectivity index (χ3n) is 5.08. The topological polar surface area (TPSA) is 35.2 Å². The monoisotopic (exact) mass is 289 g/mol. The summed E-state index contributed by atoms with van der Waals surface area (Å²) < 4.78 is 6.19. The van der Waals surface area contributed by atoms with Gasteiger partial charge in [0.25, 0.3) is 0 Å². The Morgan fingerprint density at radius 2 is 1.67 bits per heavy atom. The zero-order valence-electron chi connectivity index (χ0n) is 14.1. The first-order chi connectivity index (χ1) is 9.98. The van der Waals surface area contributed by atoms with E-state index in [4.69, 9.17) is 10.5 Å². The van der Waals surface area contributed by atoms with Gasteiger partial charge in [0.2, 0.25) is 0 Å². The van der Waals surface area contributed by atoms with Gasteiger partial charge >= 0.3 is 0 Å². The van der Waals surface area contributed by atoms with Gasteiger partial charge in [0.05, 0.1) is 11.6 Å². The number of ether oxygens (including phenoxy) is 1. The first kappa shape index (κ1) is 16.5. The van der Waals surface area contributed by atoms with Crippen LogP contribution in [0, 0.1) is 5.92 Å². The summed E-state index contributed by atoms with van der Waals surface area (Å²) in [4.78, 5) is 0. The fourth-order valence-electron chi connectivity index (χ4n) is 3.48. The van der Waals surface area contributed by atoms with Crippen molar-refractivity contribution in [1.82, 2.24) is 0 Å². The van der Waals surface area contributed by atoms with Crippen LogP contribution in [0.15, 0.2) is 24.3 Å². The SMILES string of the molecule is CCOC1(C(N)c2ccc(C(C)C)cc2)CCC(C)CC1. The number of hydrogen-bond acceptors (Lipinski definition) is 2. The van der Waals surface area contributed by atoms with E-state index in [1.165, 1.54) is 24.0 Å². The second kappa shape index (κ2) is 6.93. The van der Waals surface area contributed by atoms with Gasteiger partial charge in [-0.25, -0.2) is 0 Å². The lowest BCUT2D eigenvalue weighted by atomic mass is 9.73. The molecule has 1 aliphatic carbocycles. The zero-order chi connectivity index (χ0) is 15.5. The molecule has 0 aliphatic heterocycles. The van der Waals surface area contributed by atoms with Crippen LogP contribution in [0.2, 0.25) is 0 Å². The predicted octanol–water partition coefficient (Wildman–Crippen LogP) is 4.80. The van der Waals surface area contributed by atoms with E-state index in [0.29, 0.717) is 5.92 Å². The fourth-order valence-corrected chi connectivity index (χ4v) is 3.48. The van der Waals surface area contributed by atoms with Gasteiger partial charge in [-0.15, -0.1) is 0 Å². The van der Waals surface area contributed by atoms with Crippen molar-refractivity contribution in [3.8, 4) is 0 Å². The van der Waals surface area contributed by atoms with Gasteiger partial charge in [-0.1, -0.05) is 45.0 Å². The van der Waals surface area contributed by atoms with Gasteiger partial charge in [-0.3, -0.25) is 0 Å². The second-order valence-corrected chi connectivity index (χ2v) is 6.98. The summed E-state index contributed by atoms with van der Waals surface area (Å²) in [5, 5.41) is 0. The van der Waals surface area contributed by atoms with E-state index in [0.717, 1.165) is 25.4 Å². The summed E-state index contributed by atoms with van der Waals surface area (Å²) in [6, 6.07) is 8.79. The van der Waals surface area contributed by atoms with Crippen LogP contribution >= 0.6 is 0 Å². The first-order valence-corrected chi connectivity index (χ1v) is 8.48. The lowest BCUT2D eigenvalue weighted by Crippen LogP contribution is -2.46. The summed E-state index contributed by atoms with van der Waals surface area (Å²) in [7, 11) is 0. The molecule has 1 aliphatic rings. The molecule has 2 heteroatoms. The smallest absolute Gasteiger partial charge is 0.0874 e. The van der Waals surface area contributed by atoms with Crippen LogP contribution in [0.4, 0.5) is 0 Å². The Morgan fingerprint density at radius 3 is 2.14 bits per heavy atom. The highest BCUT2D eigenvalue weighted by atomic mass is 16.5. The Labute approximate surface area is 130 Å². The first-order valence-electron chi connectivity index (χ1n) is 8.48. The number of hydrogen-bond donors (Lipinski definition) is 1. The van der Waals surface area contributed by atoms with Crippen LogP contribution in [-0.4, -0.2) is 12.2 Å². The molecule has 0 amide bonds. The Balaban J connectivity index is 2.19. The molecule has 0 spiro atoms. The van der Waals surface area contributed by atoms with Gasteiger partial charge in [-0.05, 0) is 55.6 Å². The fraction of sp³-hybridized carbons (Fsp3) is 0.684. The van der Waals surface area contributed by atoms with Crippen molar-refractivity contribution >= 4 is 0 Å². The molecule has 2 rings (SSSR count). The van der Waals surface area contributed by atoms with Crippen molar-refractivity contribution in [3.05, 3.63) is 35.4 Å². The minimum Gasteiger partial charge on any atom is -0.373 e. The quantitative estimate of drug-likeness (QED) is 0.845. The minimum atomic E-state index is -0.166. The van der Waals surface area contributed by atoms with Crippen molar-refractivity contribution in [2.24, 2.45) is 11.7 Å². The summed E-state index contributed by atoms with van der Waals surface area (Å²) in [6.45, 7) is 9.59. The molecule has 1 unspecified atom stereocenters. The Hall–Kier alpha value is -0.860. The van der Waals surface area contributed by atoms with Crippen LogP contribution in [0.1, 0.15) is 76.5 Å². The van der Waals surface area contributed by atoms with Crippen molar-refractivity contribution in [1.29, 1.82) is 0 Å². The lowest BCUT2D eigenvalue weighted by molar-refractivity contribution is -0.0896. The van der Waals surface area contributed by atoms with E-state index in [-0.39, 0.29) is 11.6 Å². The average Bonchev–Trinajstić information content (AvgIpc) is 2.49. The highest BCUT2D eigenvalue weighted by Gasteiger charge is 2.40. The molecular weight excluding hydrogens is 258 g/mol. The lowest BCUT2D eigenvalue weighted by Gasteiger charge is -2.43. The van der Waals surface area contributed by atoms with Crippen LogP contribution < -0.4 is 5.73 Å². The van der Waals surface area contributed by atoms with Crippen molar-refractivity contribution in [3.63, 3.8) is 0 Å². The Bertz CT molecular complexity index is 429. The second-order valence-electron chi connectivity index (χ2n) is 6.98. The third kappa shape index (κ3) is 3.67. The summed E-state index contributed by atoms with van der Waals surface area (Å²) in [5.41, 5.74) is 9.05. The van der Waals surface area contributed by atoms with Crippen molar-refractivity contribution < 1.29 is 4.74 Å². The summed E-state index contributed by atoms with van der Waals surface area (Å²) >= 11 is 0. The van der Waals surface area contributed by atoms with Crippen LogP contribution in [0.3, 0.4) is 0 Å². The van der Waals surface area contributed by atoms with E-state index < -0.39 is 0 Å². The molecular formula is C19H31NO. The number of nitrogens with two attached hydrogens (primary N) is 1. The predicted molar refractivity (Wildman–Crippen MR) is 89.4 cm³/mol. The molecule has 2 N–H and O–H groups in total. The highest BCUT2D eigenvalue weighted by molar-refractivity contribution is 5.28.